The lowest BCUT2D eigenvalue weighted by Crippen LogP contribution is -2.47. The van der Waals surface area contributed by atoms with Crippen LogP contribution in [0.25, 0.3) is 0 Å². The molecule has 17 heavy (non-hydrogen) atoms. The van der Waals surface area contributed by atoms with Crippen LogP contribution < -0.4 is 0 Å². The first-order valence-electron chi connectivity index (χ1n) is 7.08. The van der Waals surface area contributed by atoms with E-state index in [4.69, 9.17) is 4.74 Å². The molecule has 1 unspecified atom stereocenters. The second-order valence-electron chi connectivity index (χ2n) is 5.64. The van der Waals surface area contributed by atoms with Gasteiger partial charge in [0.1, 0.15) is 6.29 Å². The molecular formula is C14H25NO2. The fourth-order valence-corrected chi connectivity index (χ4v) is 3.30. The topological polar surface area (TPSA) is 29.5 Å². The summed E-state index contributed by atoms with van der Waals surface area (Å²) >= 11 is 0. The van der Waals surface area contributed by atoms with Crippen LogP contribution in [0.1, 0.15) is 45.4 Å². The van der Waals surface area contributed by atoms with E-state index in [1.54, 1.807) is 0 Å². The Morgan fingerprint density at radius 1 is 1.35 bits per heavy atom. The Kier molecular flexibility index (Phi) is 4.57. The minimum absolute atomic E-state index is 0.225. The molecule has 2 rings (SSSR count). The van der Waals surface area contributed by atoms with Crippen LogP contribution in [0, 0.1) is 5.41 Å². The van der Waals surface area contributed by atoms with Crippen molar-refractivity contribution in [3.63, 3.8) is 0 Å². The average Bonchev–Trinajstić information content (AvgIpc) is 2.91. The molecule has 1 saturated heterocycles. The minimum Gasteiger partial charge on any atom is -0.380 e. The molecule has 2 fully saturated rings. The standard InChI is InChI=1S/C14H25NO2/c1-2-15(13-6-3-4-7-13)10-14(11-16)8-5-9-17-12-14/h11,13H,2-10,12H2,1H3. The maximum atomic E-state index is 11.4. The van der Waals surface area contributed by atoms with Gasteiger partial charge in [0.2, 0.25) is 0 Å². The molecule has 0 N–H and O–H groups in total. The van der Waals surface area contributed by atoms with Gasteiger partial charge in [-0.1, -0.05) is 19.8 Å². The molecule has 3 heteroatoms. The largest absolute Gasteiger partial charge is 0.380 e. The van der Waals surface area contributed by atoms with Crippen molar-refractivity contribution in [3.05, 3.63) is 0 Å². The summed E-state index contributed by atoms with van der Waals surface area (Å²) in [5, 5.41) is 0. The summed E-state index contributed by atoms with van der Waals surface area (Å²) in [7, 11) is 0. The van der Waals surface area contributed by atoms with Crippen molar-refractivity contribution in [1.29, 1.82) is 0 Å². The summed E-state index contributed by atoms with van der Waals surface area (Å²) < 4.78 is 5.53. The summed E-state index contributed by atoms with van der Waals surface area (Å²) in [5.74, 6) is 0. The Bertz CT molecular complexity index is 243. The van der Waals surface area contributed by atoms with Crippen LogP contribution in [-0.2, 0) is 9.53 Å². The zero-order valence-electron chi connectivity index (χ0n) is 11.0. The van der Waals surface area contributed by atoms with Crippen LogP contribution in [0.15, 0.2) is 0 Å². The van der Waals surface area contributed by atoms with Crippen LogP contribution in [0.5, 0.6) is 0 Å². The number of rotatable bonds is 5. The quantitative estimate of drug-likeness (QED) is 0.689. The van der Waals surface area contributed by atoms with E-state index < -0.39 is 0 Å². The second-order valence-corrected chi connectivity index (χ2v) is 5.64. The van der Waals surface area contributed by atoms with Gasteiger partial charge in [-0.2, -0.15) is 0 Å². The summed E-state index contributed by atoms with van der Waals surface area (Å²) in [6.45, 7) is 5.61. The minimum atomic E-state index is -0.225. The number of carbonyl (C=O) groups excluding carboxylic acids is 1. The van der Waals surface area contributed by atoms with Gasteiger partial charge in [-0.25, -0.2) is 0 Å². The highest BCUT2D eigenvalue weighted by Gasteiger charge is 2.36. The molecule has 1 atom stereocenters. The maximum Gasteiger partial charge on any atom is 0.129 e. The molecule has 0 bridgehead atoms. The molecular weight excluding hydrogens is 214 g/mol. The predicted molar refractivity (Wildman–Crippen MR) is 68.1 cm³/mol. The van der Waals surface area contributed by atoms with Gasteiger partial charge < -0.3 is 9.53 Å². The van der Waals surface area contributed by atoms with Crippen LogP contribution in [-0.4, -0.2) is 43.5 Å². The molecule has 98 valence electrons. The summed E-state index contributed by atoms with van der Waals surface area (Å²) in [6, 6.07) is 0.707. The van der Waals surface area contributed by atoms with Crippen molar-refractivity contribution in [3.8, 4) is 0 Å². The number of hydrogen-bond acceptors (Lipinski definition) is 3. The molecule has 2 aliphatic rings. The number of ether oxygens (including phenoxy) is 1. The van der Waals surface area contributed by atoms with Gasteiger partial charge in [0.15, 0.2) is 0 Å². The molecule has 3 nitrogen and oxygen atoms in total. The normalized spacial score (nSPS) is 30.9. The highest BCUT2D eigenvalue weighted by Crippen LogP contribution is 2.31. The third-order valence-electron chi connectivity index (χ3n) is 4.37. The van der Waals surface area contributed by atoms with E-state index in [9.17, 15) is 4.79 Å². The van der Waals surface area contributed by atoms with Gasteiger partial charge in [-0.3, -0.25) is 4.90 Å². The fourth-order valence-electron chi connectivity index (χ4n) is 3.30. The lowest BCUT2D eigenvalue weighted by atomic mass is 9.83. The Balaban J connectivity index is 1.97. The van der Waals surface area contributed by atoms with Crippen molar-refractivity contribution in [2.75, 3.05) is 26.3 Å². The van der Waals surface area contributed by atoms with Gasteiger partial charge in [-0.15, -0.1) is 0 Å². The van der Waals surface area contributed by atoms with Crippen LogP contribution in [0.2, 0.25) is 0 Å². The molecule has 1 saturated carbocycles. The van der Waals surface area contributed by atoms with Gasteiger partial charge in [-0.05, 0) is 32.2 Å². The maximum absolute atomic E-state index is 11.4. The molecule has 1 aliphatic heterocycles. The first-order chi connectivity index (χ1) is 8.29. The van der Waals surface area contributed by atoms with Gasteiger partial charge in [0, 0.05) is 19.2 Å². The van der Waals surface area contributed by atoms with E-state index in [1.165, 1.54) is 25.7 Å². The summed E-state index contributed by atoms with van der Waals surface area (Å²) in [4.78, 5) is 14.0. The van der Waals surface area contributed by atoms with E-state index in [0.29, 0.717) is 12.6 Å². The van der Waals surface area contributed by atoms with Crippen molar-refractivity contribution in [1.82, 2.24) is 4.90 Å². The van der Waals surface area contributed by atoms with Crippen molar-refractivity contribution < 1.29 is 9.53 Å². The number of aldehydes is 1. The molecule has 0 aromatic heterocycles. The Morgan fingerprint density at radius 2 is 2.12 bits per heavy atom. The molecule has 0 aromatic rings. The fraction of sp³-hybridized carbons (Fsp3) is 0.929. The monoisotopic (exact) mass is 239 g/mol. The van der Waals surface area contributed by atoms with Crippen molar-refractivity contribution >= 4 is 6.29 Å². The molecule has 0 aromatic carbocycles. The Labute approximate surface area is 105 Å². The van der Waals surface area contributed by atoms with E-state index in [-0.39, 0.29) is 5.41 Å². The first-order valence-corrected chi connectivity index (χ1v) is 7.08. The zero-order chi connectivity index (χ0) is 12.1. The number of hydrogen-bond donors (Lipinski definition) is 0. The average molecular weight is 239 g/mol. The lowest BCUT2D eigenvalue weighted by molar-refractivity contribution is -0.126. The molecule has 0 amide bonds. The molecule has 0 spiro atoms. The summed E-state index contributed by atoms with van der Waals surface area (Å²) in [5.41, 5.74) is -0.225. The second kappa shape index (κ2) is 5.96. The third kappa shape index (κ3) is 3.08. The number of carbonyl (C=O) groups is 1. The molecule has 1 heterocycles. The van der Waals surface area contributed by atoms with Gasteiger partial charge >= 0.3 is 0 Å². The Hall–Kier alpha value is -0.410. The summed E-state index contributed by atoms with van der Waals surface area (Å²) in [6.07, 6.45) is 8.51. The zero-order valence-corrected chi connectivity index (χ0v) is 11.0. The lowest BCUT2D eigenvalue weighted by Gasteiger charge is -2.38. The number of nitrogens with zero attached hydrogens (tertiary/aromatic N) is 1. The van der Waals surface area contributed by atoms with Gasteiger partial charge in [0.25, 0.3) is 0 Å². The van der Waals surface area contributed by atoms with Crippen LogP contribution in [0.4, 0.5) is 0 Å². The third-order valence-corrected chi connectivity index (χ3v) is 4.37. The molecule has 1 aliphatic carbocycles. The molecule has 0 radical (unpaired) electrons. The van der Waals surface area contributed by atoms with Crippen molar-refractivity contribution in [2.45, 2.75) is 51.5 Å². The highest BCUT2D eigenvalue weighted by atomic mass is 16.5. The van der Waals surface area contributed by atoms with E-state index in [0.717, 1.165) is 38.8 Å². The smallest absolute Gasteiger partial charge is 0.129 e. The SMILES string of the molecule is CCN(CC1(C=O)CCCOC1)C1CCCC1. The first kappa shape index (κ1) is 13.0. The highest BCUT2D eigenvalue weighted by molar-refractivity contribution is 5.60. The van der Waals surface area contributed by atoms with E-state index in [1.807, 2.05) is 0 Å². The predicted octanol–water partition coefficient (Wildman–Crippen LogP) is 2.25. The Morgan fingerprint density at radius 3 is 2.65 bits per heavy atom. The van der Waals surface area contributed by atoms with E-state index in [2.05, 4.69) is 11.8 Å². The van der Waals surface area contributed by atoms with Crippen LogP contribution in [0.3, 0.4) is 0 Å². The van der Waals surface area contributed by atoms with Crippen LogP contribution >= 0.6 is 0 Å². The van der Waals surface area contributed by atoms with Gasteiger partial charge in [0.05, 0.1) is 12.0 Å². The van der Waals surface area contributed by atoms with Crippen molar-refractivity contribution in [2.24, 2.45) is 5.41 Å². The van der Waals surface area contributed by atoms with E-state index >= 15 is 0 Å².